The molecule has 0 aliphatic rings. The second-order valence-electron chi connectivity index (χ2n) is 7.71. The molecule has 0 aliphatic carbocycles. The lowest BCUT2D eigenvalue weighted by atomic mass is 10.0. The van der Waals surface area contributed by atoms with Gasteiger partial charge in [-0.1, -0.05) is 78.1 Å². The van der Waals surface area contributed by atoms with Crippen molar-refractivity contribution >= 4 is 17.7 Å². The van der Waals surface area contributed by atoms with Gasteiger partial charge in [-0.25, -0.2) is 0 Å². The lowest BCUT2D eigenvalue weighted by molar-refractivity contribution is -0.140. The van der Waals surface area contributed by atoms with Crippen molar-refractivity contribution in [1.29, 1.82) is 0 Å². The zero-order chi connectivity index (χ0) is 19.0. The van der Waals surface area contributed by atoms with Crippen LogP contribution in [0.25, 0.3) is 0 Å². The van der Waals surface area contributed by atoms with E-state index in [0.29, 0.717) is 0 Å². The first-order valence-electron chi connectivity index (χ1n) is 10.6. The van der Waals surface area contributed by atoms with Gasteiger partial charge in [0, 0.05) is 4.75 Å². The minimum Gasteiger partial charge on any atom is -0.480 e. The molecular weight excluding hydrogens is 330 g/mol. The average Bonchev–Trinajstić information content (AvgIpc) is 2.56. The summed E-state index contributed by atoms with van der Waals surface area (Å²) in [5.41, 5.74) is 0. The number of rotatable bonds is 18. The van der Waals surface area contributed by atoms with E-state index in [1.165, 1.54) is 70.6 Å². The number of carboxylic acid groups (broad SMARTS) is 1. The largest absolute Gasteiger partial charge is 0.480 e. The van der Waals surface area contributed by atoms with E-state index in [4.69, 9.17) is 0 Å². The van der Waals surface area contributed by atoms with Gasteiger partial charge in [-0.2, -0.15) is 11.8 Å². The highest BCUT2D eigenvalue weighted by atomic mass is 32.2. The van der Waals surface area contributed by atoms with E-state index < -0.39 is 12.0 Å². The maximum absolute atomic E-state index is 11.7. The van der Waals surface area contributed by atoms with Crippen molar-refractivity contribution in [3.8, 4) is 0 Å². The van der Waals surface area contributed by atoms with Crippen LogP contribution in [0.2, 0.25) is 0 Å². The van der Waals surface area contributed by atoms with Gasteiger partial charge in [-0.3, -0.25) is 4.79 Å². The second-order valence-corrected chi connectivity index (χ2v) is 9.46. The zero-order valence-electron chi connectivity index (χ0n) is 17.2. The van der Waals surface area contributed by atoms with E-state index in [9.17, 15) is 9.90 Å². The van der Waals surface area contributed by atoms with Crippen molar-refractivity contribution < 1.29 is 9.90 Å². The Morgan fingerprint density at radius 3 is 1.88 bits per heavy atom. The molecule has 0 fully saturated rings. The summed E-state index contributed by atoms with van der Waals surface area (Å²) >= 11 is 1.81. The van der Waals surface area contributed by atoms with E-state index in [1.54, 1.807) is 0 Å². The first-order valence-corrected chi connectivity index (χ1v) is 11.5. The molecule has 2 N–H and O–H groups in total. The van der Waals surface area contributed by atoms with Crippen molar-refractivity contribution in [3.63, 3.8) is 0 Å². The van der Waals surface area contributed by atoms with E-state index >= 15 is 0 Å². The first-order chi connectivity index (χ1) is 12.0. The Balaban J connectivity index is 3.98. The van der Waals surface area contributed by atoms with E-state index in [0.717, 1.165) is 18.7 Å². The van der Waals surface area contributed by atoms with Crippen molar-refractivity contribution in [3.05, 3.63) is 0 Å². The summed E-state index contributed by atoms with van der Waals surface area (Å²) < 4.78 is -0.266. The number of thioether (sulfide) groups is 1. The summed E-state index contributed by atoms with van der Waals surface area (Å²) in [6.45, 7) is 9.42. The van der Waals surface area contributed by atoms with E-state index in [1.807, 2.05) is 11.8 Å². The summed E-state index contributed by atoms with van der Waals surface area (Å²) in [6, 6.07) is -0.465. The molecular formula is C21H43NO2S. The molecule has 0 aliphatic heterocycles. The SMILES string of the molecule is CCCCCCCCNC(C(=O)O)C(C)(C)SCCCCCCCC. The number of carbonyl (C=O) groups is 1. The molecule has 150 valence electrons. The molecule has 0 saturated heterocycles. The molecule has 4 heteroatoms. The number of unbranched alkanes of at least 4 members (excludes halogenated alkanes) is 10. The fraction of sp³-hybridized carbons (Fsp3) is 0.952. The first kappa shape index (κ1) is 24.8. The fourth-order valence-electron chi connectivity index (χ4n) is 3.08. The lowest BCUT2D eigenvalue weighted by Crippen LogP contribution is -2.50. The highest BCUT2D eigenvalue weighted by molar-refractivity contribution is 8.00. The number of hydrogen-bond donors (Lipinski definition) is 2. The zero-order valence-corrected chi connectivity index (χ0v) is 18.1. The molecule has 1 unspecified atom stereocenters. The Morgan fingerprint density at radius 1 is 0.880 bits per heavy atom. The van der Waals surface area contributed by atoms with Crippen LogP contribution in [0.5, 0.6) is 0 Å². The Kier molecular flexibility index (Phi) is 15.8. The van der Waals surface area contributed by atoms with Gasteiger partial charge in [-0.15, -0.1) is 0 Å². The van der Waals surface area contributed by atoms with Gasteiger partial charge in [0.15, 0.2) is 0 Å². The second kappa shape index (κ2) is 16.0. The Labute approximate surface area is 161 Å². The summed E-state index contributed by atoms with van der Waals surface area (Å²) in [4.78, 5) is 11.7. The predicted octanol–water partition coefficient (Wildman–Crippen LogP) is 6.26. The molecule has 0 saturated carbocycles. The minimum absolute atomic E-state index is 0.266. The highest BCUT2D eigenvalue weighted by Crippen LogP contribution is 2.29. The monoisotopic (exact) mass is 373 g/mol. The molecule has 0 spiro atoms. The highest BCUT2D eigenvalue weighted by Gasteiger charge is 2.34. The van der Waals surface area contributed by atoms with Crippen LogP contribution in [-0.4, -0.2) is 34.2 Å². The maximum Gasteiger partial charge on any atom is 0.322 e. The smallest absolute Gasteiger partial charge is 0.322 e. The van der Waals surface area contributed by atoms with Crippen molar-refractivity contribution in [1.82, 2.24) is 5.32 Å². The number of carboxylic acids is 1. The normalized spacial score (nSPS) is 13.1. The molecule has 0 aromatic carbocycles. The van der Waals surface area contributed by atoms with Crippen LogP contribution in [0.3, 0.4) is 0 Å². The van der Waals surface area contributed by atoms with Crippen LogP contribution in [0.15, 0.2) is 0 Å². The quantitative estimate of drug-likeness (QED) is 0.278. The number of hydrogen-bond acceptors (Lipinski definition) is 3. The molecule has 0 amide bonds. The van der Waals surface area contributed by atoms with Gasteiger partial charge in [0.1, 0.15) is 6.04 Å². The standard InChI is InChI=1S/C21H43NO2S/c1-5-7-9-11-13-15-17-22-19(20(23)24)21(3,4)25-18-16-14-12-10-8-6-2/h19,22H,5-18H2,1-4H3,(H,23,24). The average molecular weight is 374 g/mol. The van der Waals surface area contributed by atoms with Crippen LogP contribution < -0.4 is 5.32 Å². The molecule has 0 bridgehead atoms. The summed E-state index contributed by atoms with van der Waals surface area (Å²) in [6.07, 6.45) is 15.2. The van der Waals surface area contributed by atoms with Gasteiger partial charge in [0.05, 0.1) is 0 Å². The molecule has 0 radical (unpaired) electrons. The molecule has 0 aromatic heterocycles. The van der Waals surface area contributed by atoms with E-state index in [2.05, 4.69) is 33.0 Å². The van der Waals surface area contributed by atoms with E-state index in [-0.39, 0.29) is 4.75 Å². The van der Waals surface area contributed by atoms with Crippen LogP contribution in [0.4, 0.5) is 0 Å². The van der Waals surface area contributed by atoms with Crippen LogP contribution in [-0.2, 0) is 4.79 Å². The molecule has 0 aromatic rings. The van der Waals surface area contributed by atoms with Gasteiger partial charge in [0.25, 0.3) is 0 Å². The maximum atomic E-state index is 11.7. The molecule has 3 nitrogen and oxygen atoms in total. The minimum atomic E-state index is -0.716. The summed E-state index contributed by atoms with van der Waals surface area (Å²) in [5.74, 6) is 0.341. The van der Waals surface area contributed by atoms with Crippen molar-refractivity contribution in [2.45, 2.75) is 116 Å². The predicted molar refractivity (Wildman–Crippen MR) is 113 cm³/mol. The molecule has 0 rings (SSSR count). The van der Waals surface area contributed by atoms with Gasteiger partial charge in [-0.05, 0) is 39.0 Å². The molecule has 0 heterocycles. The van der Waals surface area contributed by atoms with Crippen molar-refractivity contribution in [2.24, 2.45) is 0 Å². The van der Waals surface area contributed by atoms with Crippen LogP contribution in [0, 0.1) is 0 Å². The summed E-state index contributed by atoms with van der Waals surface area (Å²) in [5, 5.41) is 12.9. The molecule has 25 heavy (non-hydrogen) atoms. The fourth-order valence-corrected chi connectivity index (χ4v) is 4.31. The third-order valence-corrected chi connectivity index (χ3v) is 6.27. The Hall–Kier alpha value is -0.220. The third-order valence-electron chi connectivity index (χ3n) is 4.79. The van der Waals surface area contributed by atoms with Crippen LogP contribution >= 0.6 is 11.8 Å². The van der Waals surface area contributed by atoms with Gasteiger partial charge >= 0.3 is 5.97 Å². The third kappa shape index (κ3) is 13.6. The van der Waals surface area contributed by atoms with Crippen molar-refractivity contribution in [2.75, 3.05) is 12.3 Å². The lowest BCUT2D eigenvalue weighted by Gasteiger charge is -2.31. The Morgan fingerprint density at radius 2 is 1.36 bits per heavy atom. The number of aliphatic carboxylic acids is 1. The van der Waals surface area contributed by atoms with Gasteiger partial charge in [0.2, 0.25) is 0 Å². The topological polar surface area (TPSA) is 49.3 Å². The summed E-state index contributed by atoms with van der Waals surface area (Å²) in [7, 11) is 0. The molecule has 1 atom stereocenters. The number of nitrogens with one attached hydrogen (secondary N) is 1. The van der Waals surface area contributed by atoms with Gasteiger partial charge < -0.3 is 10.4 Å². The Bertz CT molecular complexity index is 321. The van der Waals surface area contributed by atoms with Crippen LogP contribution in [0.1, 0.15) is 105 Å².